The molecule has 0 spiro atoms. The molecule has 3 unspecified atom stereocenters. The molecule has 118 valence electrons. The van der Waals surface area contributed by atoms with Crippen molar-refractivity contribution in [2.75, 3.05) is 18.9 Å². The summed E-state index contributed by atoms with van der Waals surface area (Å²) in [4.78, 5) is 15.0. The second kappa shape index (κ2) is 5.62. The third kappa shape index (κ3) is 2.61. The van der Waals surface area contributed by atoms with Gasteiger partial charge in [-0.25, -0.2) is 9.18 Å². The van der Waals surface area contributed by atoms with Crippen LogP contribution in [0.15, 0.2) is 11.0 Å². The Balaban J connectivity index is 2.46. The van der Waals surface area contributed by atoms with E-state index in [-0.39, 0.29) is 24.4 Å². The molecule has 1 aliphatic rings. The number of halogens is 3. The minimum absolute atomic E-state index is 0.0140. The van der Waals surface area contributed by atoms with Crippen LogP contribution in [0.25, 0.3) is 0 Å². The molecule has 3 atom stereocenters. The molecule has 7 nitrogen and oxygen atoms in total. The highest BCUT2D eigenvalue weighted by Crippen LogP contribution is 2.43. The van der Waals surface area contributed by atoms with Crippen LogP contribution < -0.4 is 11.4 Å². The summed E-state index contributed by atoms with van der Waals surface area (Å²) in [5.41, 5.74) is 4.46. The summed E-state index contributed by atoms with van der Waals surface area (Å²) in [6.45, 7) is -1.29. The fourth-order valence-electron chi connectivity index (χ4n) is 2.10. The van der Waals surface area contributed by atoms with Crippen LogP contribution in [0.2, 0.25) is 0 Å². The van der Waals surface area contributed by atoms with Gasteiger partial charge in [-0.05, 0) is 0 Å². The summed E-state index contributed by atoms with van der Waals surface area (Å²) in [7, 11) is 0. The lowest BCUT2D eigenvalue weighted by Crippen LogP contribution is -2.40. The molecule has 0 bridgehead atoms. The second-order valence-corrected chi connectivity index (χ2v) is 4.60. The molecule has 4 N–H and O–H groups in total. The van der Waals surface area contributed by atoms with Gasteiger partial charge in [0, 0.05) is 24.8 Å². The van der Waals surface area contributed by atoms with E-state index in [4.69, 9.17) is 20.7 Å². The monoisotopic (exact) mass is 309 g/mol. The Hall–Kier alpha value is -1.65. The van der Waals surface area contributed by atoms with E-state index in [1.807, 2.05) is 0 Å². The van der Waals surface area contributed by atoms with Gasteiger partial charge in [0.25, 0.3) is 0 Å². The van der Waals surface area contributed by atoms with Crippen LogP contribution in [0.5, 0.6) is 0 Å². The third-order valence-electron chi connectivity index (χ3n) is 3.20. The first-order chi connectivity index (χ1) is 9.82. The molecular formula is C11H14F3N3O4. The standard InChI is InChI=1S/C11H14F3N3O4/c12-7-6(4-19)21-9(11(7,13)14)17-3-5(1-2-18)8(15)16-10(17)20/h3,6-7,9,18-19H,1-2,4H2,(H2,15,16,20). The van der Waals surface area contributed by atoms with Crippen molar-refractivity contribution < 1.29 is 28.1 Å². The summed E-state index contributed by atoms with van der Waals surface area (Å²) in [5.74, 6) is -4.21. The molecule has 0 saturated carbocycles. The van der Waals surface area contributed by atoms with E-state index in [0.717, 1.165) is 6.20 Å². The Morgan fingerprint density at radius 2 is 2.14 bits per heavy atom. The number of nitrogens with zero attached hydrogens (tertiary/aromatic N) is 2. The van der Waals surface area contributed by atoms with E-state index in [1.54, 1.807) is 0 Å². The van der Waals surface area contributed by atoms with Gasteiger partial charge < -0.3 is 20.7 Å². The summed E-state index contributed by atoms with van der Waals surface area (Å²) < 4.78 is 46.4. The minimum Gasteiger partial charge on any atom is -0.396 e. The fourth-order valence-corrected chi connectivity index (χ4v) is 2.10. The zero-order valence-corrected chi connectivity index (χ0v) is 10.7. The van der Waals surface area contributed by atoms with Crippen LogP contribution in [0.4, 0.5) is 19.0 Å². The van der Waals surface area contributed by atoms with Crippen molar-refractivity contribution in [2.45, 2.75) is 30.8 Å². The predicted octanol–water partition coefficient (Wildman–Crippen LogP) is -0.777. The van der Waals surface area contributed by atoms with Gasteiger partial charge in [-0.3, -0.25) is 4.57 Å². The summed E-state index contributed by atoms with van der Waals surface area (Å²) in [5, 5.41) is 17.7. The molecule has 0 radical (unpaired) electrons. The molecule has 10 heteroatoms. The average Bonchev–Trinajstić information content (AvgIpc) is 2.65. The summed E-state index contributed by atoms with van der Waals surface area (Å²) in [6, 6.07) is 0. The van der Waals surface area contributed by atoms with Crippen LogP contribution in [0.3, 0.4) is 0 Å². The van der Waals surface area contributed by atoms with Crippen LogP contribution in [-0.4, -0.2) is 51.2 Å². The highest BCUT2D eigenvalue weighted by Gasteiger charge is 2.60. The number of nitrogen functional groups attached to an aromatic ring is 1. The topological polar surface area (TPSA) is 111 Å². The van der Waals surface area contributed by atoms with E-state index >= 15 is 0 Å². The first kappa shape index (κ1) is 15.7. The van der Waals surface area contributed by atoms with Crippen LogP contribution in [-0.2, 0) is 11.2 Å². The molecular weight excluding hydrogens is 295 g/mol. The average molecular weight is 309 g/mol. The Kier molecular flexibility index (Phi) is 4.21. The molecule has 0 aromatic carbocycles. The van der Waals surface area contributed by atoms with Gasteiger partial charge in [-0.15, -0.1) is 0 Å². The van der Waals surface area contributed by atoms with E-state index in [2.05, 4.69) is 4.98 Å². The lowest BCUT2D eigenvalue weighted by Gasteiger charge is -2.21. The van der Waals surface area contributed by atoms with Crippen molar-refractivity contribution in [2.24, 2.45) is 0 Å². The highest BCUT2D eigenvalue weighted by molar-refractivity contribution is 5.37. The number of aliphatic hydroxyl groups excluding tert-OH is 2. The van der Waals surface area contributed by atoms with Crippen LogP contribution >= 0.6 is 0 Å². The van der Waals surface area contributed by atoms with Gasteiger partial charge in [0.1, 0.15) is 11.9 Å². The molecule has 1 aromatic heterocycles. The normalized spacial score (nSPS) is 28.0. The molecule has 1 aromatic rings. The SMILES string of the molecule is Nc1nc(=O)n(C2OC(CO)C(F)C2(F)F)cc1CCO. The number of aromatic nitrogens is 2. The van der Waals surface area contributed by atoms with E-state index < -0.39 is 36.7 Å². The lowest BCUT2D eigenvalue weighted by atomic mass is 10.1. The predicted molar refractivity (Wildman–Crippen MR) is 64.5 cm³/mol. The summed E-state index contributed by atoms with van der Waals surface area (Å²) in [6.07, 6.45) is -5.79. The molecule has 2 heterocycles. The van der Waals surface area contributed by atoms with Gasteiger partial charge in [-0.2, -0.15) is 13.8 Å². The van der Waals surface area contributed by atoms with E-state index in [9.17, 15) is 18.0 Å². The molecule has 0 amide bonds. The molecule has 1 saturated heterocycles. The van der Waals surface area contributed by atoms with Crippen LogP contribution in [0, 0.1) is 0 Å². The Bertz CT molecular complexity index is 580. The number of aliphatic hydroxyl groups is 2. The number of hydrogen-bond donors (Lipinski definition) is 3. The number of hydrogen-bond acceptors (Lipinski definition) is 6. The molecule has 1 fully saturated rings. The van der Waals surface area contributed by atoms with Gasteiger partial charge in [0.2, 0.25) is 6.23 Å². The van der Waals surface area contributed by atoms with Crippen molar-refractivity contribution in [1.82, 2.24) is 9.55 Å². The van der Waals surface area contributed by atoms with Gasteiger partial charge in [-0.1, -0.05) is 0 Å². The third-order valence-corrected chi connectivity index (χ3v) is 3.20. The molecule has 1 aliphatic heterocycles. The minimum atomic E-state index is -4.01. The molecule has 2 rings (SSSR count). The van der Waals surface area contributed by atoms with Gasteiger partial charge in [0.05, 0.1) is 6.61 Å². The van der Waals surface area contributed by atoms with E-state index in [1.165, 1.54) is 0 Å². The number of nitrogens with two attached hydrogens (primary N) is 1. The number of rotatable bonds is 4. The Morgan fingerprint density at radius 1 is 1.48 bits per heavy atom. The first-order valence-electron chi connectivity index (χ1n) is 6.09. The highest BCUT2D eigenvalue weighted by atomic mass is 19.3. The summed E-state index contributed by atoms with van der Waals surface area (Å²) >= 11 is 0. The Morgan fingerprint density at radius 3 is 2.67 bits per heavy atom. The molecule has 0 aliphatic carbocycles. The zero-order valence-electron chi connectivity index (χ0n) is 10.7. The van der Waals surface area contributed by atoms with Gasteiger partial charge >= 0.3 is 11.6 Å². The van der Waals surface area contributed by atoms with Crippen molar-refractivity contribution in [3.05, 3.63) is 22.2 Å². The zero-order chi connectivity index (χ0) is 15.8. The van der Waals surface area contributed by atoms with Crippen molar-refractivity contribution in [3.63, 3.8) is 0 Å². The maximum absolute atomic E-state index is 13.8. The van der Waals surface area contributed by atoms with Gasteiger partial charge in [0.15, 0.2) is 6.17 Å². The second-order valence-electron chi connectivity index (χ2n) is 4.60. The van der Waals surface area contributed by atoms with Crippen LogP contribution in [0.1, 0.15) is 11.8 Å². The number of ether oxygens (including phenoxy) is 1. The van der Waals surface area contributed by atoms with Crippen molar-refractivity contribution in [3.8, 4) is 0 Å². The molecule has 21 heavy (non-hydrogen) atoms. The fraction of sp³-hybridized carbons (Fsp3) is 0.636. The maximum atomic E-state index is 13.8. The Labute approximate surface area is 116 Å². The maximum Gasteiger partial charge on any atom is 0.351 e. The lowest BCUT2D eigenvalue weighted by molar-refractivity contribution is -0.130. The number of alkyl halides is 3. The first-order valence-corrected chi connectivity index (χ1v) is 6.09. The quantitative estimate of drug-likeness (QED) is 0.673. The van der Waals surface area contributed by atoms with Crippen molar-refractivity contribution >= 4 is 5.82 Å². The smallest absolute Gasteiger partial charge is 0.351 e. The largest absolute Gasteiger partial charge is 0.396 e. The van der Waals surface area contributed by atoms with E-state index in [0.29, 0.717) is 4.57 Å². The number of anilines is 1. The van der Waals surface area contributed by atoms with Crippen molar-refractivity contribution in [1.29, 1.82) is 0 Å².